The summed E-state index contributed by atoms with van der Waals surface area (Å²) in [5, 5.41) is 6.49. The van der Waals surface area contributed by atoms with Gasteiger partial charge in [0.05, 0.1) is 30.0 Å². The highest BCUT2D eigenvalue weighted by atomic mass is 79.9. The maximum Gasteiger partial charge on any atom is 0.344 e. The Hall–Kier alpha value is -3.47. The molecule has 0 aliphatic carbocycles. The lowest BCUT2D eigenvalue weighted by molar-refractivity contribution is -0.145. The summed E-state index contributed by atoms with van der Waals surface area (Å²) in [4.78, 5) is 36.6. The SMILES string of the molecule is CCOC(=O)COc1c(Br)cc(C=NNC(=O)C(NC(=O)c2ccccc2F)C(C)C)cc1OC. The number of hydrogen-bond acceptors (Lipinski definition) is 7. The molecule has 35 heavy (non-hydrogen) atoms. The lowest BCUT2D eigenvalue weighted by Gasteiger charge is -2.20. The molecule has 0 aliphatic heterocycles. The molecule has 0 heterocycles. The number of ether oxygens (including phenoxy) is 3. The van der Waals surface area contributed by atoms with Crippen LogP contribution >= 0.6 is 15.9 Å². The van der Waals surface area contributed by atoms with E-state index in [4.69, 9.17) is 14.2 Å². The summed E-state index contributed by atoms with van der Waals surface area (Å²) < 4.78 is 30.0. The van der Waals surface area contributed by atoms with E-state index in [1.807, 2.05) is 0 Å². The molecule has 2 aromatic carbocycles. The first-order chi connectivity index (χ1) is 16.7. The molecule has 2 N–H and O–H groups in total. The highest BCUT2D eigenvalue weighted by Gasteiger charge is 2.25. The molecular formula is C24H27BrFN3O6. The number of methoxy groups -OCH3 is 1. The summed E-state index contributed by atoms with van der Waals surface area (Å²) in [5.41, 5.74) is 2.78. The van der Waals surface area contributed by atoms with E-state index in [1.54, 1.807) is 32.9 Å². The first kappa shape index (κ1) is 27.8. The number of carbonyl (C=O) groups excluding carboxylic acids is 3. The van der Waals surface area contributed by atoms with Gasteiger partial charge in [0.2, 0.25) is 0 Å². The highest BCUT2D eigenvalue weighted by molar-refractivity contribution is 9.10. The van der Waals surface area contributed by atoms with Crippen LogP contribution in [0.5, 0.6) is 11.5 Å². The van der Waals surface area contributed by atoms with Gasteiger partial charge in [-0.3, -0.25) is 9.59 Å². The predicted molar refractivity (Wildman–Crippen MR) is 131 cm³/mol. The molecule has 0 saturated carbocycles. The molecule has 2 rings (SSSR count). The first-order valence-corrected chi connectivity index (χ1v) is 11.5. The number of hydrazone groups is 1. The Morgan fingerprint density at radius 1 is 1.20 bits per heavy atom. The molecule has 0 radical (unpaired) electrons. The van der Waals surface area contributed by atoms with Gasteiger partial charge in [0.1, 0.15) is 11.9 Å². The maximum atomic E-state index is 13.9. The van der Waals surface area contributed by atoms with Crippen LogP contribution in [0.15, 0.2) is 46.0 Å². The van der Waals surface area contributed by atoms with Gasteiger partial charge in [-0.15, -0.1) is 0 Å². The van der Waals surface area contributed by atoms with Gasteiger partial charge < -0.3 is 19.5 Å². The first-order valence-electron chi connectivity index (χ1n) is 10.7. The van der Waals surface area contributed by atoms with Crippen LogP contribution in [-0.2, 0) is 14.3 Å². The average molecular weight is 552 g/mol. The number of nitrogens with one attached hydrogen (secondary N) is 2. The largest absolute Gasteiger partial charge is 0.493 e. The third-order valence-electron chi connectivity index (χ3n) is 4.63. The molecule has 9 nitrogen and oxygen atoms in total. The number of benzene rings is 2. The molecule has 0 aliphatic rings. The lowest BCUT2D eigenvalue weighted by atomic mass is 10.0. The number of halogens is 2. The topological polar surface area (TPSA) is 115 Å². The number of rotatable bonds is 11. The van der Waals surface area contributed by atoms with Crippen LogP contribution in [0.3, 0.4) is 0 Å². The molecule has 0 aromatic heterocycles. The molecule has 2 amide bonds. The quantitative estimate of drug-likeness (QED) is 0.251. The van der Waals surface area contributed by atoms with Crippen molar-refractivity contribution in [2.75, 3.05) is 20.3 Å². The lowest BCUT2D eigenvalue weighted by Crippen LogP contribution is -2.48. The Morgan fingerprint density at radius 3 is 2.54 bits per heavy atom. The Morgan fingerprint density at radius 2 is 1.91 bits per heavy atom. The molecule has 188 valence electrons. The minimum absolute atomic E-state index is 0.156. The second-order valence-electron chi connectivity index (χ2n) is 7.54. The fourth-order valence-electron chi connectivity index (χ4n) is 2.93. The van der Waals surface area contributed by atoms with Crippen molar-refractivity contribution < 1.29 is 33.0 Å². The van der Waals surface area contributed by atoms with E-state index in [2.05, 4.69) is 31.8 Å². The van der Waals surface area contributed by atoms with Crippen LogP contribution < -0.4 is 20.2 Å². The molecular weight excluding hydrogens is 525 g/mol. The Bertz CT molecular complexity index is 1090. The van der Waals surface area contributed by atoms with Crippen LogP contribution in [0.1, 0.15) is 36.7 Å². The van der Waals surface area contributed by atoms with E-state index in [0.29, 0.717) is 21.5 Å². The van der Waals surface area contributed by atoms with Crippen molar-refractivity contribution in [3.63, 3.8) is 0 Å². The van der Waals surface area contributed by atoms with Crippen LogP contribution in [0.2, 0.25) is 0 Å². The van der Waals surface area contributed by atoms with Gasteiger partial charge in [0.25, 0.3) is 11.8 Å². The fourth-order valence-corrected chi connectivity index (χ4v) is 3.50. The van der Waals surface area contributed by atoms with Crippen molar-refractivity contribution in [3.8, 4) is 11.5 Å². The van der Waals surface area contributed by atoms with E-state index in [-0.39, 0.29) is 24.7 Å². The normalized spacial score (nSPS) is 11.7. The van der Waals surface area contributed by atoms with Gasteiger partial charge in [0, 0.05) is 0 Å². The number of amides is 2. The number of carbonyl (C=O) groups is 3. The minimum Gasteiger partial charge on any atom is -0.493 e. The fraction of sp³-hybridized carbons (Fsp3) is 0.333. The summed E-state index contributed by atoms with van der Waals surface area (Å²) >= 11 is 3.36. The van der Waals surface area contributed by atoms with Crippen LogP contribution in [0.25, 0.3) is 0 Å². The molecule has 0 bridgehead atoms. The monoisotopic (exact) mass is 551 g/mol. The molecule has 11 heteroatoms. The van der Waals surface area contributed by atoms with Crippen molar-refractivity contribution in [1.29, 1.82) is 0 Å². The van der Waals surface area contributed by atoms with Crippen molar-refractivity contribution >= 4 is 39.9 Å². The summed E-state index contributed by atoms with van der Waals surface area (Å²) in [6, 6.07) is 7.82. The second-order valence-corrected chi connectivity index (χ2v) is 8.39. The maximum absolute atomic E-state index is 13.9. The van der Waals surface area contributed by atoms with E-state index >= 15 is 0 Å². The van der Waals surface area contributed by atoms with Crippen LogP contribution in [-0.4, -0.2) is 50.4 Å². The van der Waals surface area contributed by atoms with E-state index < -0.39 is 29.6 Å². The second kappa shape index (κ2) is 13.4. The summed E-state index contributed by atoms with van der Waals surface area (Å²) in [6.07, 6.45) is 1.37. The molecule has 0 spiro atoms. The molecule has 1 atom stereocenters. The number of hydrogen-bond donors (Lipinski definition) is 2. The number of esters is 1. The molecule has 2 aromatic rings. The van der Waals surface area contributed by atoms with Gasteiger partial charge in [-0.05, 0) is 58.6 Å². The molecule has 0 fully saturated rings. The van der Waals surface area contributed by atoms with Gasteiger partial charge in [-0.2, -0.15) is 5.10 Å². The van der Waals surface area contributed by atoms with Crippen molar-refractivity contribution in [3.05, 3.63) is 57.8 Å². The highest BCUT2D eigenvalue weighted by Crippen LogP contribution is 2.36. The van der Waals surface area contributed by atoms with E-state index in [9.17, 15) is 18.8 Å². The smallest absolute Gasteiger partial charge is 0.344 e. The average Bonchev–Trinajstić information content (AvgIpc) is 2.81. The zero-order chi connectivity index (χ0) is 26.0. The zero-order valence-corrected chi connectivity index (χ0v) is 21.3. The number of nitrogens with zero attached hydrogens (tertiary/aromatic N) is 1. The standard InChI is InChI=1S/C24H27BrFN3O6/c1-5-34-20(30)13-35-22-17(25)10-15(11-19(22)33-4)12-27-29-24(32)21(14(2)3)28-23(31)16-8-6-7-9-18(16)26/h6-12,14,21H,5,13H2,1-4H3,(H,28,31)(H,29,32). The zero-order valence-electron chi connectivity index (χ0n) is 19.8. The summed E-state index contributed by atoms with van der Waals surface area (Å²) in [5.74, 6) is -2.12. The van der Waals surface area contributed by atoms with Gasteiger partial charge in [-0.25, -0.2) is 14.6 Å². The Balaban J connectivity index is 2.08. The van der Waals surface area contributed by atoms with Crippen molar-refractivity contribution in [1.82, 2.24) is 10.7 Å². The van der Waals surface area contributed by atoms with Crippen LogP contribution in [0.4, 0.5) is 4.39 Å². The van der Waals surface area contributed by atoms with Gasteiger partial charge >= 0.3 is 5.97 Å². The summed E-state index contributed by atoms with van der Waals surface area (Å²) in [7, 11) is 1.44. The predicted octanol–water partition coefficient (Wildman–Crippen LogP) is 3.44. The third kappa shape index (κ3) is 8.06. The third-order valence-corrected chi connectivity index (χ3v) is 5.22. The van der Waals surface area contributed by atoms with Crippen LogP contribution in [0, 0.1) is 11.7 Å². The molecule has 1 unspecified atom stereocenters. The molecule has 0 saturated heterocycles. The minimum atomic E-state index is -0.945. The van der Waals surface area contributed by atoms with Gasteiger partial charge in [0.15, 0.2) is 18.1 Å². The van der Waals surface area contributed by atoms with E-state index in [1.165, 1.54) is 37.6 Å². The van der Waals surface area contributed by atoms with Crippen molar-refractivity contribution in [2.45, 2.75) is 26.8 Å². The van der Waals surface area contributed by atoms with Gasteiger partial charge in [-0.1, -0.05) is 26.0 Å². The Labute approximate surface area is 211 Å². The summed E-state index contributed by atoms with van der Waals surface area (Å²) in [6.45, 7) is 5.13. The van der Waals surface area contributed by atoms with Crippen molar-refractivity contribution in [2.24, 2.45) is 11.0 Å². The van der Waals surface area contributed by atoms with E-state index in [0.717, 1.165) is 0 Å². The Kier molecular flexibility index (Phi) is 10.7.